The molecule has 0 saturated carbocycles. The van der Waals surface area contributed by atoms with Crippen LogP contribution in [-0.2, 0) is 4.74 Å². The van der Waals surface area contributed by atoms with Gasteiger partial charge >= 0.3 is 0 Å². The van der Waals surface area contributed by atoms with Crippen molar-refractivity contribution in [3.8, 4) is 5.75 Å². The number of benzene rings is 1. The molecule has 3 atom stereocenters. The predicted octanol–water partition coefficient (Wildman–Crippen LogP) is 2.15. The number of ether oxygens (including phenoxy) is 2. The zero-order valence-corrected chi connectivity index (χ0v) is 13.5. The maximum atomic E-state index is 10.2. The third kappa shape index (κ3) is 4.99. The second-order valence-electron chi connectivity index (χ2n) is 6.19. The number of hydrogen-bond acceptors (Lipinski definition) is 4. The van der Waals surface area contributed by atoms with Gasteiger partial charge in [-0.15, -0.1) is 0 Å². The Labute approximate surface area is 127 Å². The van der Waals surface area contributed by atoms with Gasteiger partial charge in [-0.05, 0) is 51.0 Å². The average Bonchev–Trinajstić information content (AvgIpc) is 2.39. The van der Waals surface area contributed by atoms with Gasteiger partial charge in [-0.1, -0.05) is 6.07 Å². The Morgan fingerprint density at radius 2 is 1.90 bits per heavy atom. The number of aliphatic hydroxyl groups is 1. The Bertz CT molecular complexity index is 453. The number of morpholine rings is 1. The van der Waals surface area contributed by atoms with Crippen molar-refractivity contribution in [1.82, 2.24) is 4.90 Å². The van der Waals surface area contributed by atoms with Crippen LogP contribution in [0, 0.1) is 13.8 Å². The maximum Gasteiger partial charge on any atom is 0.119 e. The molecule has 0 amide bonds. The summed E-state index contributed by atoms with van der Waals surface area (Å²) in [7, 11) is 0. The van der Waals surface area contributed by atoms with Gasteiger partial charge in [0, 0.05) is 19.6 Å². The molecule has 0 aliphatic carbocycles. The van der Waals surface area contributed by atoms with Crippen LogP contribution in [0.15, 0.2) is 18.2 Å². The minimum Gasteiger partial charge on any atom is -0.491 e. The molecule has 4 nitrogen and oxygen atoms in total. The molecule has 0 aromatic heterocycles. The molecule has 4 heteroatoms. The molecule has 1 N–H and O–H groups in total. The fourth-order valence-corrected chi connectivity index (χ4v) is 2.78. The summed E-state index contributed by atoms with van der Waals surface area (Å²) in [6.45, 7) is 11.0. The van der Waals surface area contributed by atoms with Crippen molar-refractivity contribution in [2.75, 3.05) is 26.2 Å². The SMILES string of the molecule is Cc1ccc(OCC(O)CN2CC(C)OC(C)C2)cc1C. The van der Waals surface area contributed by atoms with Gasteiger partial charge in [0.05, 0.1) is 12.2 Å². The lowest BCUT2D eigenvalue weighted by Crippen LogP contribution is -2.48. The molecule has 118 valence electrons. The summed E-state index contributed by atoms with van der Waals surface area (Å²) in [4.78, 5) is 2.24. The van der Waals surface area contributed by atoms with E-state index in [2.05, 4.69) is 32.6 Å². The van der Waals surface area contributed by atoms with E-state index in [0.717, 1.165) is 18.8 Å². The normalized spacial score (nSPS) is 24.8. The van der Waals surface area contributed by atoms with E-state index in [-0.39, 0.29) is 12.2 Å². The molecular formula is C17H27NO3. The van der Waals surface area contributed by atoms with Crippen LogP contribution in [0.4, 0.5) is 0 Å². The van der Waals surface area contributed by atoms with E-state index in [4.69, 9.17) is 9.47 Å². The molecule has 21 heavy (non-hydrogen) atoms. The van der Waals surface area contributed by atoms with Gasteiger partial charge in [0.1, 0.15) is 18.5 Å². The van der Waals surface area contributed by atoms with Crippen LogP contribution in [0.3, 0.4) is 0 Å². The highest BCUT2D eigenvalue weighted by Gasteiger charge is 2.23. The first-order valence-corrected chi connectivity index (χ1v) is 7.70. The Balaban J connectivity index is 1.79. The van der Waals surface area contributed by atoms with Crippen molar-refractivity contribution in [2.24, 2.45) is 0 Å². The van der Waals surface area contributed by atoms with Gasteiger partial charge in [-0.3, -0.25) is 4.90 Å². The van der Waals surface area contributed by atoms with Crippen molar-refractivity contribution in [3.05, 3.63) is 29.3 Å². The van der Waals surface area contributed by atoms with Crippen LogP contribution in [0.5, 0.6) is 5.75 Å². The largest absolute Gasteiger partial charge is 0.491 e. The van der Waals surface area contributed by atoms with Crippen LogP contribution in [0.2, 0.25) is 0 Å². The molecule has 1 heterocycles. The third-order valence-corrected chi connectivity index (χ3v) is 3.88. The van der Waals surface area contributed by atoms with Gasteiger partial charge in [0.2, 0.25) is 0 Å². The second kappa shape index (κ2) is 7.25. The first-order chi connectivity index (χ1) is 9.94. The average molecular weight is 293 g/mol. The van der Waals surface area contributed by atoms with E-state index in [1.807, 2.05) is 18.2 Å². The quantitative estimate of drug-likeness (QED) is 0.903. The van der Waals surface area contributed by atoms with Gasteiger partial charge < -0.3 is 14.6 Å². The fraction of sp³-hybridized carbons (Fsp3) is 0.647. The van der Waals surface area contributed by atoms with E-state index in [0.29, 0.717) is 13.2 Å². The molecular weight excluding hydrogens is 266 g/mol. The van der Waals surface area contributed by atoms with Gasteiger partial charge in [0.25, 0.3) is 0 Å². The van der Waals surface area contributed by atoms with Gasteiger partial charge in [-0.25, -0.2) is 0 Å². The van der Waals surface area contributed by atoms with Crippen LogP contribution in [-0.4, -0.2) is 54.6 Å². The molecule has 3 unspecified atom stereocenters. The molecule has 1 aromatic rings. The van der Waals surface area contributed by atoms with E-state index >= 15 is 0 Å². The molecule has 1 fully saturated rings. The molecule has 0 radical (unpaired) electrons. The fourth-order valence-electron chi connectivity index (χ4n) is 2.78. The Morgan fingerprint density at radius 1 is 1.24 bits per heavy atom. The zero-order chi connectivity index (χ0) is 15.4. The summed E-state index contributed by atoms with van der Waals surface area (Å²) in [5, 5.41) is 10.2. The molecule has 1 aromatic carbocycles. The second-order valence-corrected chi connectivity index (χ2v) is 6.19. The minimum absolute atomic E-state index is 0.224. The smallest absolute Gasteiger partial charge is 0.119 e. The van der Waals surface area contributed by atoms with Crippen LogP contribution >= 0.6 is 0 Å². The summed E-state index contributed by atoms with van der Waals surface area (Å²) in [5.41, 5.74) is 2.46. The van der Waals surface area contributed by atoms with E-state index in [1.165, 1.54) is 11.1 Å². The summed E-state index contributed by atoms with van der Waals surface area (Å²) in [6.07, 6.45) is -0.0349. The van der Waals surface area contributed by atoms with Crippen molar-refractivity contribution in [2.45, 2.75) is 46.0 Å². The highest BCUT2D eigenvalue weighted by Crippen LogP contribution is 2.17. The monoisotopic (exact) mass is 293 g/mol. The highest BCUT2D eigenvalue weighted by molar-refractivity contribution is 5.33. The summed E-state index contributed by atoms with van der Waals surface area (Å²) >= 11 is 0. The lowest BCUT2D eigenvalue weighted by atomic mass is 10.1. The molecule has 1 saturated heterocycles. The van der Waals surface area contributed by atoms with E-state index < -0.39 is 6.10 Å². The van der Waals surface area contributed by atoms with Crippen LogP contribution in [0.1, 0.15) is 25.0 Å². The predicted molar refractivity (Wildman–Crippen MR) is 83.9 cm³/mol. The van der Waals surface area contributed by atoms with Crippen LogP contribution in [0.25, 0.3) is 0 Å². The van der Waals surface area contributed by atoms with Crippen molar-refractivity contribution in [3.63, 3.8) is 0 Å². The molecule has 1 aliphatic heterocycles. The van der Waals surface area contributed by atoms with Crippen molar-refractivity contribution < 1.29 is 14.6 Å². The number of aliphatic hydroxyl groups excluding tert-OH is 1. The first kappa shape index (κ1) is 16.3. The lowest BCUT2D eigenvalue weighted by molar-refractivity contribution is -0.0786. The van der Waals surface area contributed by atoms with Gasteiger partial charge in [0.15, 0.2) is 0 Å². The number of β-amino-alcohol motifs (C(OH)–C–C–N with tert-alkyl or cyclic N) is 1. The Hall–Kier alpha value is -1.10. The number of rotatable bonds is 5. The molecule has 1 aliphatic rings. The Kier molecular flexibility index (Phi) is 5.62. The number of aryl methyl sites for hydroxylation is 2. The van der Waals surface area contributed by atoms with Crippen molar-refractivity contribution in [1.29, 1.82) is 0 Å². The van der Waals surface area contributed by atoms with Crippen LogP contribution < -0.4 is 4.74 Å². The highest BCUT2D eigenvalue weighted by atomic mass is 16.5. The number of nitrogens with zero attached hydrogens (tertiary/aromatic N) is 1. The topological polar surface area (TPSA) is 41.9 Å². The zero-order valence-electron chi connectivity index (χ0n) is 13.5. The minimum atomic E-state index is -0.482. The standard InChI is InChI=1S/C17H27NO3/c1-12-5-6-17(7-13(12)2)20-11-16(19)10-18-8-14(3)21-15(4)9-18/h5-7,14-16,19H,8-11H2,1-4H3. The summed E-state index contributed by atoms with van der Waals surface area (Å²) in [5.74, 6) is 0.820. The van der Waals surface area contributed by atoms with E-state index in [1.54, 1.807) is 0 Å². The number of hydrogen-bond donors (Lipinski definition) is 1. The van der Waals surface area contributed by atoms with Gasteiger partial charge in [-0.2, -0.15) is 0 Å². The Morgan fingerprint density at radius 3 is 2.52 bits per heavy atom. The molecule has 2 rings (SSSR count). The summed E-state index contributed by atoms with van der Waals surface area (Å²) in [6, 6.07) is 6.01. The lowest BCUT2D eigenvalue weighted by Gasteiger charge is -2.36. The first-order valence-electron chi connectivity index (χ1n) is 7.70. The summed E-state index contributed by atoms with van der Waals surface area (Å²) < 4.78 is 11.4. The van der Waals surface area contributed by atoms with Crippen molar-refractivity contribution >= 4 is 0 Å². The maximum absolute atomic E-state index is 10.2. The third-order valence-electron chi connectivity index (χ3n) is 3.88. The molecule has 0 spiro atoms. The molecule has 0 bridgehead atoms. The van der Waals surface area contributed by atoms with E-state index in [9.17, 15) is 5.11 Å².